The Bertz CT molecular complexity index is 323. The molecule has 0 heterocycles. The number of hydrogen-bond acceptors (Lipinski definition) is 1. The molecule has 0 saturated carbocycles. The van der Waals surface area contributed by atoms with Crippen molar-refractivity contribution in [3.8, 4) is 0 Å². The zero-order valence-corrected chi connectivity index (χ0v) is 11.0. The highest BCUT2D eigenvalue weighted by Gasteiger charge is 2.04. The highest BCUT2D eigenvalue weighted by Crippen LogP contribution is 2.29. The average molecular weight is 277 g/mol. The highest BCUT2D eigenvalue weighted by molar-refractivity contribution is 9.10. The number of rotatable bonds is 3. The van der Waals surface area contributed by atoms with Crippen molar-refractivity contribution in [2.24, 2.45) is 5.92 Å². The fraction of sp³-hybridized carbons (Fsp3) is 0.455. The third-order valence-electron chi connectivity index (χ3n) is 1.95. The molecule has 0 unspecified atom stereocenters. The molecule has 3 heteroatoms. The van der Waals surface area contributed by atoms with Gasteiger partial charge in [-0.3, -0.25) is 0 Å². The van der Waals surface area contributed by atoms with E-state index in [9.17, 15) is 0 Å². The van der Waals surface area contributed by atoms with Gasteiger partial charge in [0.1, 0.15) is 0 Å². The quantitative estimate of drug-likeness (QED) is 0.858. The van der Waals surface area contributed by atoms with Gasteiger partial charge in [0.15, 0.2) is 0 Å². The van der Waals surface area contributed by atoms with Gasteiger partial charge >= 0.3 is 0 Å². The molecular formula is C11H15BrClN. The number of benzene rings is 1. The van der Waals surface area contributed by atoms with Crippen LogP contribution in [-0.4, -0.2) is 6.54 Å². The van der Waals surface area contributed by atoms with Crippen molar-refractivity contribution in [2.45, 2.75) is 20.8 Å². The molecule has 0 aliphatic heterocycles. The van der Waals surface area contributed by atoms with E-state index in [2.05, 4.69) is 35.1 Å². The zero-order valence-electron chi connectivity index (χ0n) is 8.70. The summed E-state index contributed by atoms with van der Waals surface area (Å²) in [5.41, 5.74) is 2.16. The lowest BCUT2D eigenvalue weighted by Gasteiger charge is -2.12. The van der Waals surface area contributed by atoms with Crippen LogP contribution in [-0.2, 0) is 0 Å². The van der Waals surface area contributed by atoms with Crippen molar-refractivity contribution in [1.29, 1.82) is 0 Å². The van der Waals surface area contributed by atoms with Crippen LogP contribution >= 0.6 is 27.5 Å². The molecule has 1 aromatic rings. The average Bonchev–Trinajstić information content (AvgIpc) is 2.09. The number of aryl methyl sites for hydroxylation is 1. The minimum atomic E-state index is 0.627. The Balaban J connectivity index is 2.82. The maximum absolute atomic E-state index is 6.04. The smallest absolute Gasteiger partial charge is 0.0499 e. The van der Waals surface area contributed by atoms with Gasteiger partial charge in [0.25, 0.3) is 0 Å². The maximum atomic E-state index is 6.04. The predicted octanol–water partition coefficient (Wildman–Crippen LogP) is 4.48. The molecule has 0 aromatic heterocycles. The van der Waals surface area contributed by atoms with Crippen LogP contribution in [0, 0.1) is 12.8 Å². The van der Waals surface area contributed by atoms with Gasteiger partial charge in [-0.1, -0.05) is 25.4 Å². The zero-order chi connectivity index (χ0) is 10.7. The summed E-state index contributed by atoms with van der Waals surface area (Å²) in [7, 11) is 0. The molecule has 0 spiro atoms. The predicted molar refractivity (Wildman–Crippen MR) is 67.2 cm³/mol. The molecule has 0 saturated heterocycles. The van der Waals surface area contributed by atoms with Crippen LogP contribution in [0.4, 0.5) is 5.69 Å². The summed E-state index contributed by atoms with van der Waals surface area (Å²) in [6.45, 7) is 7.31. The molecule has 1 N–H and O–H groups in total. The van der Waals surface area contributed by atoms with E-state index in [0.29, 0.717) is 5.92 Å². The van der Waals surface area contributed by atoms with Crippen LogP contribution in [0.25, 0.3) is 0 Å². The standard InChI is InChI=1S/C11H15BrClN/c1-7(2)6-14-11-5-10(13)8(3)4-9(11)12/h4-5,7,14H,6H2,1-3H3. The van der Waals surface area contributed by atoms with Gasteiger partial charge in [-0.2, -0.15) is 0 Å². The van der Waals surface area contributed by atoms with Crippen LogP contribution in [0.5, 0.6) is 0 Å². The normalized spacial score (nSPS) is 10.7. The Morgan fingerprint density at radius 3 is 2.64 bits per heavy atom. The Morgan fingerprint density at radius 1 is 1.43 bits per heavy atom. The van der Waals surface area contributed by atoms with Gasteiger partial charge in [0, 0.05) is 21.7 Å². The van der Waals surface area contributed by atoms with E-state index in [1.165, 1.54) is 0 Å². The first kappa shape index (κ1) is 11.9. The number of anilines is 1. The topological polar surface area (TPSA) is 12.0 Å². The summed E-state index contributed by atoms with van der Waals surface area (Å²) in [6.07, 6.45) is 0. The largest absolute Gasteiger partial charge is 0.384 e. The van der Waals surface area contributed by atoms with Crippen LogP contribution < -0.4 is 5.32 Å². The molecule has 0 aliphatic carbocycles. The van der Waals surface area contributed by atoms with E-state index in [0.717, 1.165) is 27.3 Å². The van der Waals surface area contributed by atoms with Crippen molar-refractivity contribution in [3.05, 3.63) is 27.2 Å². The molecule has 0 radical (unpaired) electrons. The summed E-state index contributed by atoms with van der Waals surface area (Å²) >= 11 is 9.55. The Morgan fingerprint density at radius 2 is 2.07 bits per heavy atom. The number of nitrogens with one attached hydrogen (secondary N) is 1. The SMILES string of the molecule is Cc1cc(Br)c(NCC(C)C)cc1Cl. The first-order valence-corrected chi connectivity index (χ1v) is 5.87. The number of hydrogen-bond donors (Lipinski definition) is 1. The molecule has 0 fully saturated rings. The van der Waals surface area contributed by atoms with Gasteiger partial charge < -0.3 is 5.32 Å². The van der Waals surface area contributed by atoms with E-state index in [4.69, 9.17) is 11.6 Å². The van der Waals surface area contributed by atoms with Gasteiger partial charge in [0.05, 0.1) is 0 Å². The second-order valence-electron chi connectivity index (χ2n) is 3.86. The van der Waals surface area contributed by atoms with Crippen LogP contribution in [0.15, 0.2) is 16.6 Å². The fourth-order valence-corrected chi connectivity index (χ4v) is 1.86. The van der Waals surface area contributed by atoms with Crippen molar-refractivity contribution >= 4 is 33.2 Å². The van der Waals surface area contributed by atoms with E-state index >= 15 is 0 Å². The molecule has 78 valence electrons. The van der Waals surface area contributed by atoms with Gasteiger partial charge in [0.2, 0.25) is 0 Å². The lowest BCUT2D eigenvalue weighted by Crippen LogP contribution is -2.08. The molecule has 0 atom stereocenters. The van der Waals surface area contributed by atoms with Gasteiger partial charge in [-0.15, -0.1) is 0 Å². The van der Waals surface area contributed by atoms with Crippen molar-refractivity contribution < 1.29 is 0 Å². The first-order chi connectivity index (χ1) is 6.50. The molecule has 1 nitrogen and oxygen atoms in total. The molecule has 1 rings (SSSR count). The molecule has 1 aromatic carbocycles. The van der Waals surface area contributed by atoms with E-state index in [-0.39, 0.29) is 0 Å². The van der Waals surface area contributed by atoms with Crippen LogP contribution in [0.2, 0.25) is 5.02 Å². The summed E-state index contributed by atoms with van der Waals surface area (Å²) < 4.78 is 1.07. The fourth-order valence-electron chi connectivity index (χ4n) is 1.10. The third kappa shape index (κ3) is 3.18. The minimum Gasteiger partial charge on any atom is -0.384 e. The number of halogens is 2. The highest BCUT2D eigenvalue weighted by atomic mass is 79.9. The minimum absolute atomic E-state index is 0.627. The molecule has 0 bridgehead atoms. The lowest BCUT2D eigenvalue weighted by atomic mass is 10.2. The first-order valence-electron chi connectivity index (χ1n) is 4.70. The molecular weight excluding hydrogens is 261 g/mol. The van der Waals surface area contributed by atoms with Crippen molar-refractivity contribution in [1.82, 2.24) is 0 Å². The Hall–Kier alpha value is -0.210. The molecule has 14 heavy (non-hydrogen) atoms. The lowest BCUT2D eigenvalue weighted by molar-refractivity contribution is 0.688. The Kier molecular flexibility index (Phi) is 4.27. The van der Waals surface area contributed by atoms with Crippen molar-refractivity contribution in [3.63, 3.8) is 0 Å². The summed E-state index contributed by atoms with van der Waals surface area (Å²) in [5, 5.41) is 4.15. The van der Waals surface area contributed by atoms with E-state index in [1.807, 2.05) is 19.1 Å². The van der Waals surface area contributed by atoms with E-state index < -0.39 is 0 Å². The van der Waals surface area contributed by atoms with Crippen molar-refractivity contribution in [2.75, 3.05) is 11.9 Å². The van der Waals surface area contributed by atoms with Gasteiger partial charge in [-0.05, 0) is 46.5 Å². The van der Waals surface area contributed by atoms with Gasteiger partial charge in [-0.25, -0.2) is 0 Å². The second-order valence-corrected chi connectivity index (χ2v) is 5.12. The monoisotopic (exact) mass is 275 g/mol. The third-order valence-corrected chi connectivity index (χ3v) is 3.01. The summed E-state index contributed by atoms with van der Waals surface area (Å²) in [6, 6.07) is 3.99. The maximum Gasteiger partial charge on any atom is 0.0499 e. The van der Waals surface area contributed by atoms with Crippen LogP contribution in [0.3, 0.4) is 0 Å². The van der Waals surface area contributed by atoms with E-state index in [1.54, 1.807) is 0 Å². The Labute approximate surface area is 99.0 Å². The summed E-state index contributed by atoms with van der Waals surface area (Å²) in [5.74, 6) is 0.627. The molecule has 0 amide bonds. The van der Waals surface area contributed by atoms with Crippen LogP contribution in [0.1, 0.15) is 19.4 Å². The second kappa shape index (κ2) is 5.04. The molecule has 0 aliphatic rings. The summed E-state index contributed by atoms with van der Waals surface area (Å²) in [4.78, 5) is 0.